The highest BCUT2D eigenvalue weighted by Gasteiger charge is 2.18. The molecule has 8 heavy (non-hydrogen) atoms. The maximum absolute atomic E-state index is 5.50. The molecule has 1 heteroatoms. The first-order valence-corrected chi connectivity index (χ1v) is 3.53. The second-order valence-electron chi connectivity index (χ2n) is 3.02. The highest BCUT2D eigenvalue weighted by atomic mass is 14.6. The van der Waals surface area contributed by atoms with Crippen molar-refractivity contribution in [3.63, 3.8) is 0 Å². The normalized spacial score (nSPS) is 38.2. The Balaban J connectivity index is 2.22. The quantitative estimate of drug-likeness (QED) is 0.546. The molecule has 0 radical (unpaired) electrons. The van der Waals surface area contributed by atoms with Gasteiger partial charge in [0.05, 0.1) is 0 Å². The van der Waals surface area contributed by atoms with Gasteiger partial charge in [0.1, 0.15) is 0 Å². The first-order valence-electron chi connectivity index (χ1n) is 3.53. The standard InChI is InChI=1S/C7H15N/c1-6-2-3-7(4-6)5-8/h6-7H,2-5,8H2,1H3/t6-,7+/m1/s1. The van der Waals surface area contributed by atoms with Gasteiger partial charge in [0.2, 0.25) is 0 Å². The lowest BCUT2D eigenvalue weighted by atomic mass is 10.1. The lowest BCUT2D eigenvalue weighted by Crippen LogP contribution is -2.10. The summed E-state index contributed by atoms with van der Waals surface area (Å²) in [4.78, 5) is 0. The molecule has 1 aliphatic rings. The third-order valence-corrected chi connectivity index (χ3v) is 2.14. The van der Waals surface area contributed by atoms with E-state index >= 15 is 0 Å². The number of rotatable bonds is 1. The summed E-state index contributed by atoms with van der Waals surface area (Å²) in [6, 6.07) is 0. The molecule has 1 saturated carbocycles. The van der Waals surface area contributed by atoms with Gasteiger partial charge in [-0.25, -0.2) is 0 Å². The molecule has 2 atom stereocenters. The molecule has 0 heterocycles. The topological polar surface area (TPSA) is 26.0 Å². The molecule has 0 aliphatic heterocycles. The van der Waals surface area contributed by atoms with E-state index in [1.54, 1.807) is 0 Å². The van der Waals surface area contributed by atoms with Crippen molar-refractivity contribution in [1.82, 2.24) is 0 Å². The summed E-state index contributed by atoms with van der Waals surface area (Å²) in [5.41, 5.74) is 5.50. The van der Waals surface area contributed by atoms with Gasteiger partial charge in [-0.3, -0.25) is 0 Å². The van der Waals surface area contributed by atoms with Crippen molar-refractivity contribution in [3.05, 3.63) is 0 Å². The van der Waals surface area contributed by atoms with Crippen LogP contribution < -0.4 is 5.73 Å². The molecule has 1 fully saturated rings. The van der Waals surface area contributed by atoms with Gasteiger partial charge >= 0.3 is 0 Å². The van der Waals surface area contributed by atoms with Crippen LogP contribution in [0.25, 0.3) is 0 Å². The first-order chi connectivity index (χ1) is 3.83. The first kappa shape index (κ1) is 6.09. The van der Waals surface area contributed by atoms with E-state index < -0.39 is 0 Å². The molecule has 48 valence electrons. The zero-order valence-electron chi connectivity index (χ0n) is 5.56. The third kappa shape index (κ3) is 1.22. The van der Waals surface area contributed by atoms with Gasteiger partial charge in [0, 0.05) is 0 Å². The summed E-state index contributed by atoms with van der Waals surface area (Å²) >= 11 is 0. The molecule has 0 saturated heterocycles. The van der Waals surface area contributed by atoms with Gasteiger partial charge in [-0.15, -0.1) is 0 Å². The minimum atomic E-state index is 0.852. The van der Waals surface area contributed by atoms with Crippen molar-refractivity contribution in [1.29, 1.82) is 0 Å². The molecule has 0 spiro atoms. The van der Waals surface area contributed by atoms with Crippen LogP contribution in [-0.2, 0) is 0 Å². The summed E-state index contributed by atoms with van der Waals surface area (Å²) in [6.07, 6.45) is 4.15. The molecule has 0 bridgehead atoms. The van der Waals surface area contributed by atoms with Gasteiger partial charge in [0.25, 0.3) is 0 Å². The smallest absolute Gasteiger partial charge is 0.00488 e. The maximum atomic E-state index is 5.50. The molecule has 1 nitrogen and oxygen atoms in total. The van der Waals surface area contributed by atoms with Gasteiger partial charge in [-0.1, -0.05) is 13.3 Å². The van der Waals surface area contributed by atoms with Crippen molar-refractivity contribution in [2.45, 2.75) is 26.2 Å². The predicted molar refractivity (Wildman–Crippen MR) is 35.6 cm³/mol. The molecule has 0 amide bonds. The summed E-state index contributed by atoms with van der Waals surface area (Å²) in [6.45, 7) is 3.22. The SMILES string of the molecule is C[C@@H]1CC[C@H](CN)C1. The fraction of sp³-hybridized carbons (Fsp3) is 1.00. The van der Waals surface area contributed by atoms with E-state index in [0.29, 0.717) is 0 Å². The molecule has 2 N–H and O–H groups in total. The van der Waals surface area contributed by atoms with E-state index in [4.69, 9.17) is 5.73 Å². The summed E-state index contributed by atoms with van der Waals surface area (Å²) in [5, 5.41) is 0. The number of hydrogen-bond donors (Lipinski definition) is 1. The van der Waals surface area contributed by atoms with Crippen LogP contribution in [0.4, 0.5) is 0 Å². The average Bonchev–Trinajstić information content (AvgIpc) is 2.14. The Hall–Kier alpha value is -0.0400. The fourth-order valence-corrected chi connectivity index (χ4v) is 1.54. The van der Waals surface area contributed by atoms with Crippen molar-refractivity contribution in [3.8, 4) is 0 Å². The van der Waals surface area contributed by atoms with E-state index in [9.17, 15) is 0 Å². The van der Waals surface area contributed by atoms with Crippen molar-refractivity contribution in [2.75, 3.05) is 6.54 Å². The Morgan fingerprint density at radius 1 is 1.50 bits per heavy atom. The summed E-state index contributed by atoms with van der Waals surface area (Å²) < 4.78 is 0. The molecule has 0 aromatic carbocycles. The van der Waals surface area contributed by atoms with Gasteiger partial charge in [0.15, 0.2) is 0 Å². The fourth-order valence-electron chi connectivity index (χ4n) is 1.54. The molecule has 1 aliphatic carbocycles. The summed E-state index contributed by atoms with van der Waals surface area (Å²) in [7, 11) is 0. The lowest BCUT2D eigenvalue weighted by Gasteiger charge is -2.02. The van der Waals surface area contributed by atoms with Crippen molar-refractivity contribution >= 4 is 0 Å². The molecule has 0 unspecified atom stereocenters. The average molecular weight is 113 g/mol. The number of hydrogen-bond acceptors (Lipinski definition) is 1. The molecule has 0 aromatic rings. The predicted octanol–water partition coefficient (Wildman–Crippen LogP) is 1.38. The second kappa shape index (κ2) is 2.49. The minimum Gasteiger partial charge on any atom is -0.330 e. The second-order valence-corrected chi connectivity index (χ2v) is 3.02. The molecular formula is C7H15N. The van der Waals surface area contributed by atoms with E-state index in [-0.39, 0.29) is 0 Å². The Kier molecular flexibility index (Phi) is 1.90. The zero-order chi connectivity index (χ0) is 5.98. The van der Waals surface area contributed by atoms with Crippen LogP contribution in [0.1, 0.15) is 26.2 Å². The minimum absolute atomic E-state index is 0.852. The Morgan fingerprint density at radius 2 is 2.25 bits per heavy atom. The van der Waals surface area contributed by atoms with E-state index in [1.165, 1.54) is 19.3 Å². The largest absolute Gasteiger partial charge is 0.330 e. The van der Waals surface area contributed by atoms with Crippen LogP contribution in [0.15, 0.2) is 0 Å². The maximum Gasteiger partial charge on any atom is -0.00488 e. The molecule has 1 rings (SSSR count). The Morgan fingerprint density at radius 3 is 2.50 bits per heavy atom. The van der Waals surface area contributed by atoms with Crippen LogP contribution in [0.2, 0.25) is 0 Å². The van der Waals surface area contributed by atoms with Crippen LogP contribution in [0.3, 0.4) is 0 Å². The zero-order valence-corrected chi connectivity index (χ0v) is 5.56. The summed E-state index contributed by atoms with van der Waals surface area (Å²) in [5.74, 6) is 1.80. The Labute approximate surface area is 51.3 Å². The van der Waals surface area contributed by atoms with Crippen LogP contribution in [-0.4, -0.2) is 6.54 Å². The highest BCUT2D eigenvalue weighted by molar-refractivity contribution is 4.72. The lowest BCUT2D eigenvalue weighted by molar-refractivity contribution is 0.525. The van der Waals surface area contributed by atoms with Crippen LogP contribution >= 0.6 is 0 Å². The van der Waals surface area contributed by atoms with Gasteiger partial charge in [-0.2, -0.15) is 0 Å². The van der Waals surface area contributed by atoms with E-state index in [2.05, 4.69) is 6.92 Å². The highest BCUT2D eigenvalue weighted by Crippen LogP contribution is 2.28. The monoisotopic (exact) mass is 113 g/mol. The van der Waals surface area contributed by atoms with Crippen molar-refractivity contribution < 1.29 is 0 Å². The van der Waals surface area contributed by atoms with Crippen LogP contribution in [0.5, 0.6) is 0 Å². The van der Waals surface area contributed by atoms with Gasteiger partial charge < -0.3 is 5.73 Å². The molecular weight excluding hydrogens is 98.1 g/mol. The van der Waals surface area contributed by atoms with Crippen LogP contribution in [0, 0.1) is 11.8 Å². The Bertz CT molecular complexity index is 70.8. The van der Waals surface area contributed by atoms with E-state index in [1.807, 2.05) is 0 Å². The van der Waals surface area contributed by atoms with Crippen molar-refractivity contribution in [2.24, 2.45) is 17.6 Å². The molecule has 0 aromatic heterocycles. The third-order valence-electron chi connectivity index (χ3n) is 2.14. The van der Waals surface area contributed by atoms with E-state index in [0.717, 1.165) is 18.4 Å². The number of nitrogens with two attached hydrogens (primary N) is 1. The van der Waals surface area contributed by atoms with Gasteiger partial charge in [-0.05, 0) is 31.2 Å².